The predicted octanol–water partition coefficient (Wildman–Crippen LogP) is 3.16. The van der Waals surface area contributed by atoms with Gasteiger partial charge in [-0.25, -0.2) is 0 Å². The molecule has 90 valence electrons. The van der Waals surface area contributed by atoms with E-state index in [1.807, 2.05) is 13.1 Å². The standard InChI is InChI=1S/C15H20N2/c1-5-8-17-12(3)11(2)14-9-13(10-16-4)6-7-15(14)17/h5-7,9,16H,1,8,10H2,2-4H3. The Kier molecular flexibility index (Phi) is 3.34. The zero-order valence-corrected chi connectivity index (χ0v) is 10.9. The van der Waals surface area contributed by atoms with E-state index >= 15 is 0 Å². The maximum absolute atomic E-state index is 3.83. The average Bonchev–Trinajstić information content (AvgIpc) is 2.56. The van der Waals surface area contributed by atoms with E-state index < -0.39 is 0 Å². The minimum atomic E-state index is 0.877. The Bertz CT molecular complexity index is 550. The zero-order chi connectivity index (χ0) is 12.4. The van der Waals surface area contributed by atoms with Crippen LogP contribution in [0.3, 0.4) is 0 Å². The molecule has 2 heteroatoms. The van der Waals surface area contributed by atoms with Crippen LogP contribution in [0.2, 0.25) is 0 Å². The van der Waals surface area contributed by atoms with Crippen molar-refractivity contribution in [1.82, 2.24) is 9.88 Å². The fourth-order valence-corrected chi connectivity index (χ4v) is 2.38. The Morgan fingerprint density at radius 2 is 2.12 bits per heavy atom. The summed E-state index contributed by atoms with van der Waals surface area (Å²) in [4.78, 5) is 0. The fourth-order valence-electron chi connectivity index (χ4n) is 2.38. The molecule has 2 aromatic rings. The third-order valence-electron chi connectivity index (χ3n) is 3.40. The Hall–Kier alpha value is -1.54. The molecule has 1 aromatic heterocycles. The maximum Gasteiger partial charge on any atom is 0.0488 e. The molecule has 0 radical (unpaired) electrons. The van der Waals surface area contributed by atoms with Crippen LogP contribution >= 0.6 is 0 Å². The van der Waals surface area contributed by atoms with Gasteiger partial charge in [0.15, 0.2) is 0 Å². The van der Waals surface area contributed by atoms with Gasteiger partial charge in [-0.05, 0) is 44.2 Å². The van der Waals surface area contributed by atoms with Gasteiger partial charge < -0.3 is 9.88 Å². The van der Waals surface area contributed by atoms with Crippen molar-refractivity contribution in [2.75, 3.05) is 7.05 Å². The van der Waals surface area contributed by atoms with Gasteiger partial charge in [0.25, 0.3) is 0 Å². The van der Waals surface area contributed by atoms with E-state index in [2.05, 4.69) is 48.5 Å². The quantitative estimate of drug-likeness (QED) is 0.795. The number of fused-ring (bicyclic) bond motifs is 1. The first-order valence-corrected chi connectivity index (χ1v) is 6.03. The second kappa shape index (κ2) is 4.76. The molecule has 0 saturated carbocycles. The number of aryl methyl sites for hydroxylation is 1. The number of allylic oxidation sites excluding steroid dienone is 1. The van der Waals surface area contributed by atoms with Gasteiger partial charge in [-0.15, -0.1) is 6.58 Å². The first kappa shape index (κ1) is 11.9. The maximum atomic E-state index is 3.83. The molecule has 0 aliphatic carbocycles. The Balaban J connectivity index is 2.62. The van der Waals surface area contributed by atoms with Crippen LogP contribution in [-0.4, -0.2) is 11.6 Å². The van der Waals surface area contributed by atoms with Gasteiger partial charge in [-0.3, -0.25) is 0 Å². The number of hydrogen-bond acceptors (Lipinski definition) is 1. The van der Waals surface area contributed by atoms with Crippen molar-refractivity contribution in [1.29, 1.82) is 0 Å². The first-order valence-electron chi connectivity index (χ1n) is 6.03. The SMILES string of the molecule is C=CCn1c(C)c(C)c2cc(CNC)ccc21. The molecule has 0 aliphatic rings. The van der Waals surface area contributed by atoms with Crippen LogP contribution in [0.5, 0.6) is 0 Å². The van der Waals surface area contributed by atoms with Crippen LogP contribution in [0.1, 0.15) is 16.8 Å². The highest BCUT2D eigenvalue weighted by Crippen LogP contribution is 2.26. The number of hydrogen-bond donors (Lipinski definition) is 1. The molecule has 17 heavy (non-hydrogen) atoms. The summed E-state index contributed by atoms with van der Waals surface area (Å²) < 4.78 is 2.32. The molecule has 2 rings (SSSR count). The van der Waals surface area contributed by atoms with Gasteiger partial charge in [-0.1, -0.05) is 12.1 Å². The lowest BCUT2D eigenvalue weighted by atomic mass is 10.1. The van der Waals surface area contributed by atoms with Gasteiger partial charge in [-0.2, -0.15) is 0 Å². The third-order valence-corrected chi connectivity index (χ3v) is 3.40. The molecular formula is C15H20N2. The van der Waals surface area contributed by atoms with Gasteiger partial charge in [0, 0.05) is 29.7 Å². The van der Waals surface area contributed by atoms with E-state index in [0.717, 1.165) is 13.1 Å². The average molecular weight is 228 g/mol. The first-order chi connectivity index (χ1) is 8.19. The van der Waals surface area contributed by atoms with Crippen molar-refractivity contribution in [3.63, 3.8) is 0 Å². The zero-order valence-electron chi connectivity index (χ0n) is 10.9. The van der Waals surface area contributed by atoms with E-state index in [1.54, 1.807) is 0 Å². The molecule has 1 aromatic carbocycles. The minimum Gasteiger partial charge on any atom is -0.341 e. The van der Waals surface area contributed by atoms with Crippen LogP contribution in [0, 0.1) is 13.8 Å². The molecule has 0 bridgehead atoms. The lowest BCUT2D eigenvalue weighted by Gasteiger charge is -2.05. The van der Waals surface area contributed by atoms with E-state index in [0.29, 0.717) is 0 Å². The number of nitrogens with zero attached hydrogens (tertiary/aromatic N) is 1. The Morgan fingerprint density at radius 3 is 2.76 bits per heavy atom. The molecule has 0 aliphatic heterocycles. The second-order valence-corrected chi connectivity index (χ2v) is 4.49. The van der Waals surface area contributed by atoms with Crippen molar-refractivity contribution in [3.05, 3.63) is 47.7 Å². The molecule has 0 spiro atoms. The summed E-state index contributed by atoms with van der Waals surface area (Å²) in [5.74, 6) is 0. The number of nitrogens with one attached hydrogen (secondary N) is 1. The number of aromatic nitrogens is 1. The highest BCUT2D eigenvalue weighted by Gasteiger charge is 2.09. The van der Waals surface area contributed by atoms with Crippen molar-refractivity contribution in [2.24, 2.45) is 0 Å². The van der Waals surface area contributed by atoms with E-state index in [4.69, 9.17) is 0 Å². The smallest absolute Gasteiger partial charge is 0.0488 e. The van der Waals surface area contributed by atoms with E-state index in [9.17, 15) is 0 Å². The molecular weight excluding hydrogens is 208 g/mol. The topological polar surface area (TPSA) is 17.0 Å². The monoisotopic (exact) mass is 228 g/mol. The summed E-state index contributed by atoms with van der Waals surface area (Å²) in [5, 5.41) is 4.55. The highest BCUT2D eigenvalue weighted by atomic mass is 15.0. The van der Waals surface area contributed by atoms with Crippen molar-refractivity contribution >= 4 is 10.9 Å². The summed E-state index contributed by atoms with van der Waals surface area (Å²) >= 11 is 0. The van der Waals surface area contributed by atoms with Gasteiger partial charge in [0.2, 0.25) is 0 Å². The molecule has 0 amide bonds. The van der Waals surface area contributed by atoms with Crippen LogP contribution in [0.25, 0.3) is 10.9 Å². The van der Waals surface area contributed by atoms with Crippen molar-refractivity contribution < 1.29 is 0 Å². The van der Waals surface area contributed by atoms with E-state index in [1.165, 1.54) is 27.7 Å². The summed E-state index contributed by atoms with van der Waals surface area (Å²) in [6.45, 7) is 10.00. The number of rotatable bonds is 4. The third kappa shape index (κ3) is 2.01. The molecule has 1 heterocycles. The highest BCUT2D eigenvalue weighted by molar-refractivity contribution is 5.86. The van der Waals surface area contributed by atoms with Crippen molar-refractivity contribution in [3.8, 4) is 0 Å². The van der Waals surface area contributed by atoms with Gasteiger partial charge in [0.05, 0.1) is 0 Å². The van der Waals surface area contributed by atoms with Crippen molar-refractivity contribution in [2.45, 2.75) is 26.9 Å². The van der Waals surface area contributed by atoms with Gasteiger partial charge in [0.1, 0.15) is 0 Å². The second-order valence-electron chi connectivity index (χ2n) is 4.49. The van der Waals surface area contributed by atoms with Crippen LogP contribution in [-0.2, 0) is 13.1 Å². The van der Waals surface area contributed by atoms with Crippen LogP contribution in [0.4, 0.5) is 0 Å². The lowest BCUT2D eigenvalue weighted by molar-refractivity contribution is 0.815. The summed E-state index contributed by atoms with van der Waals surface area (Å²) in [5.41, 5.74) is 5.35. The van der Waals surface area contributed by atoms with Gasteiger partial charge >= 0.3 is 0 Å². The molecule has 0 atom stereocenters. The molecule has 0 fully saturated rings. The lowest BCUT2D eigenvalue weighted by Crippen LogP contribution is -2.04. The van der Waals surface area contributed by atoms with Crippen LogP contribution < -0.4 is 5.32 Å². The number of benzene rings is 1. The molecule has 1 N–H and O–H groups in total. The predicted molar refractivity (Wildman–Crippen MR) is 74.4 cm³/mol. The Morgan fingerprint density at radius 1 is 1.35 bits per heavy atom. The molecule has 0 unspecified atom stereocenters. The molecule has 2 nitrogen and oxygen atoms in total. The summed E-state index contributed by atoms with van der Waals surface area (Å²) in [6, 6.07) is 6.69. The van der Waals surface area contributed by atoms with E-state index in [-0.39, 0.29) is 0 Å². The summed E-state index contributed by atoms with van der Waals surface area (Å²) in [7, 11) is 1.98. The summed E-state index contributed by atoms with van der Waals surface area (Å²) in [6.07, 6.45) is 1.95. The molecule has 0 saturated heterocycles. The fraction of sp³-hybridized carbons (Fsp3) is 0.333. The minimum absolute atomic E-state index is 0.877. The largest absolute Gasteiger partial charge is 0.341 e. The van der Waals surface area contributed by atoms with Crippen LogP contribution in [0.15, 0.2) is 30.9 Å². The Labute approximate surface area is 103 Å². The normalized spacial score (nSPS) is 11.0.